The summed E-state index contributed by atoms with van der Waals surface area (Å²) in [6, 6.07) is 8.33. The van der Waals surface area contributed by atoms with Gasteiger partial charge in [-0.1, -0.05) is 13.0 Å². The van der Waals surface area contributed by atoms with Gasteiger partial charge in [0.25, 0.3) is 0 Å². The molecule has 0 unspecified atom stereocenters. The molecule has 4 N–H and O–H groups in total. The van der Waals surface area contributed by atoms with Crippen molar-refractivity contribution >= 4 is 50.3 Å². The first-order valence-corrected chi connectivity index (χ1v) is 13.1. The summed E-state index contributed by atoms with van der Waals surface area (Å²) in [5.74, 6) is -4.02. The summed E-state index contributed by atoms with van der Waals surface area (Å²) in [6.07, 6.45) is 4.17. The number of hydrogen-bond donors (Lipinski definition) is 4. The van der Waals surface area contributed by atoms with E-state index >= 15 is 4.39 Å². The van der Waals surface area contributed by atoms with Gasteiger partial charge in [-0.05, 0) is 42.3 Å². The Bertz CT molecular complexity index is 1700. The Hall–Kier alpha value is -4.45. The fourth-order valence-corrected chi connectivity index (χ4v) is 5.11. The minimum absolute atomic E-state index is 0.0668. The highest BCUT2D eigenvalue weighted by Crippen LogP contribution is 2.31. The molecule has 0 aliphatic carbocycles. The van der Waals surface area contributed by atoms with E-state index in [4.69, 9.17) is 5.41 Å². The molecule has 4 rings (SSSR count). The number of carbonyl (C=O) groups excluding carboxylic acids is 2. The Morgan fingerprint density at radius 2 is 1.84 bits per heavy atom. The number of H-pyrrole nitrogens is 1. The highest BCUT2D eigenvalue weighted by Gasteiger charge is 2.26. The van der Waals surface area contributed by atoms with Crippen LogP contribution in [-0.2, 0) is 14.8 Å². The van der Waals surface area contributed by atoms with Gasteiger partial charge in [0.15, 0.2) is 5.82 Å². The molecule has 0 atom stereocenters. The van der Waals surface area contributed by atoms with E-state index in [-0.39, 0.29) is 29.0 Å². The van der Waals surface area contributed by atoms with Gasteiger partial charge in [-0.25, -0.2) is 22.2 Å². The first-order valence-electron chi connectivity index (χ1n) is 11.5. The number of rotatable bonds is 9. The molecule has 0 spiro atoms. The quantitative estimate of drug-likeness (QED) is 0.178. The molecule has 0 aliphatic rings. The number of nitrogens with zero attached hydrogens (tertiary/aromatic N) is 1. The normalized spacial score (nSPS) is 11.4. The van der Waals surface area contributed by atoms with E-state index in [1.165, 1.54) is 19.3 Å². The van der Waals surface area contributed by atoms with Gasteiger partial charge >= 0.3 is 0 Å². The van der Waals surface area contributed by atoms with Crippen molar-refractivity contribution in [3.05, 3.63) is 77.1 Å². The van der Waals surface area contributed by atoms with E-state index in [0.717, 1.165) is 18.3 Å². The number of pyridine rings is 1. The number of hydrogen-bond acceptors (Lipinski definition) is 6. The Kier molecular flexibility index (Phi) is 7.35. The van der Waals surface area contributed by atoms with Crippen LogP contribution in [0, 0.1) is 17.0 Å². The Morgan fingerprint density at radius 1 is 1.11 bits per heavy atom. The molecule has 0 saturated carbocycles. The monoisotopic (exact) mass is 539 g/mol. The third kappa shape index (κ3) is 5.30. The number of halogens is 2. The first kappa shape index (κ1) is 26.6. The number of benzene rings is 2. The highest BCUT2D eigenvalue weighted by atomic mass is 32.2. The molecule has 4 aromatic rings. The van der Waals surface area contributed by atoms with E-state index in [9.17, 15) is 22.4 Å². The second-order valence-corrected chi connectivity index (χ2v) is 10.3. The van der Waals surface area contributed by atoms with Crippen LogP contribution >= 0.6 is 0 Å². The molecule has 2 aromatic heterocycles. The maximum atomic E-state index is 15.2. The summed E-state index contributed by atoms with van der Waals surface area (Å²) in [6.45, 7) is 2.99. The number of aromatic amines is 1. The highest BCUT2D eigenvalue weighted by molar-refractivity contribution is 7.92. The molecule has 38 heavy (non-hydrogen) atoms. The number of fused-ring (bicyclic) bond motifs is 1. The lowest BCUT2D eigenvalue weighted by Gasteiger charge is -2.11. The smallest absolute Gasteiger partial charge is 0.232 e. The van der Waals surface area contributed by atoms with Gasteiger partial charge in [-0.2, -0.15) is 0 Å². The van der Waals surface area contributed by atoms with Crippen LogP contribution in [-0.4, -0.2) is 42.0 Å². The van der Waals surface area contributed by atoms with Gasteiger partial charge in [0.2, 0.25) is 21.7 Å². The van der Waals surface area contributed by atoms with Gasteiger partial charge in [0, 0.05) is 53.3 Å². The third-order valence-electron chi connectivity index (χ3n) is 5.68. The minimum Gasteiger partial charge on any atom is -0.345 e. The van der Waals surface area contributed by atoms with Crippen LogP contribution in [0.25, 0.3) is 22.2 Å². The maximum absolute atomic E-state index is 15.2. The van der Waals surface area contributed by atoms with Crippen LogP contribution < -0.4 is 10.0 Å². The summed E-state index contributed by atoms with van der Waals surface area (Å²) in [4.78, 5) is 31.9. The molecule has 196 valence electrons. The molecule has 0 aliphatic heterocycles. The van der Waals surface area contributed by atoms with Gasteiger partial charge in [0.1, 0.15) is 11.5 Å². The molecule has 0 radical (unpaired) electrons. The van der Waals surface area contributed by atoms with E-state index in [2.05, 4.69) is 20.0 Å². The molecule has 0 fully saturated rings. The van der Waals surface area contributed by atoms with Crippen LogP contribution in [0.15, 0.2) is 48.8 Å². The van der Waals surface area contributed by atoms with Gasteiger partial charge in [0.05, 0.1) is 17.0 Å². The zero-order chi connectivity index (χ0) is 27.6. The Morgan fingerprint density at radius 3 is 2.53 bits per heavy atom. The zero-order valence-corrected chi connectivity index (χ0v) is 21.2. The van der Waals surface area contributed by atoms with Crippen LogP contribution in [0.1, 0.15) is 41.8 Å². The molecular formula is C26H23F2N5O4S. The minimum atomic E-state index is -3.88. The van der Waals surface area contributed by atoms with Crippen molar-refractivity contribution in [2.75, 3.05) is 15.8 Å². The van der Waals surface area contributed by atoms with E-state index in [1.54, 1.807) is 31.2 Å². The molecule has 9 nitrogen and oxygen atoms in total. The zero-order valence-electron chi connectivity index (χ0n) is 20.4. The fourth-order valence-electron chi connectivity index (χ4n) is 3.98. The maximum Gasteiger partial charge on any atom is 0.232 e. The fraction of sp³-hybridized carbons (Fsp3) is 0.154. The second kappa shape index (κ2) is 10.5. The summed E-state index contributed by atoms with van der Waals surface area (Å²) >= 11 is 0. The lowest BCUT2D eigenvalue weighted by atomic mass is 9.99. The summed E-state index contributed by atoms with van der Waals surface area (Å²) in [7, 11) is -3.88. The summed E-state index contributed by atoms with van der Waals surface area (Å²) < 4.78 is 56.2. The SMILES string of the molecule is CCCS(=O)(=O)Nc1ccc(F)c(C(=O)c2c[nH]c3ncc(-c4ccc(NC(C)=O)c(C=N)c4)cc23)c1F. The van der Waals surface area contributed by atoms with Crippen molar-refractivity contribution in [3.8, 4) is 11.1 Å². The van der Waals surface area contributed by atoms with Crippen molar-refractivity contribution in [2.45, 2.75) is 20.3 Å². The van der Waals surface area contributed by atoms with E-state index < -0.39 is 38.7 Å². The number of carbonyl (C=O) groups is 2. The predicted octanol–water partition coefficient (Wildman–Crippen LogP) is 4.85. The molecule has 2 aromatic carbocycles. The van der Waals surface area contributed by atoms with Crippen LogP contribution in [0.4, 0.5) is 20.2 Å². The lowest BCUT2D eigenvalue weighted by molar-refractivity contribution is -0.114. The number of anilines is 2. The Labute approximate surface area is 216 Å². The first-order chi connectivity index (χ1) is 18.0. The molecular weight excluding hydrogens is 516 g/mol. The van der Waals surface area contributed by atoms with Gasteiger partial charge < -0.3 is 15.7 Å². The lowest BCUT2D eigenvalue weighted by Crippen LogP contribution is -2.18. The average molecular weight is 540 g/mol. The largest absolute Gasteiger partial charge is 0.345 e. The number of sulfonamides is 1. The molecule has 0 bridgehead atoms. The second-order valence-electron chi connectivity index (χ2n) is 8.48. The molecule has 12 heteroatoms. The van der Waals surface area contributed by atoms with E-state index in [0.29, 0.717) is 28.0 Å². The van der Waals surface area contributed by atoms with E-state index in [1.807, 2.05) is 0 Å². The van der Waals surface area contributed by atoms with Crippen LogP contribution in [0.2, 0.25) is 0 Å². The van der Waals surface area contributed by atoms with Crippen LogP contribution in [0.3, 0.4) is 0 Å². The van der Waals surface area contributed by atoms with Crippen molar-refractivity contribution in [3.63, 3.8) is 0 Å². The number of aromatic nitrogens is 2. The number of nitrogens with one attached hydrogen (secondary N) is 4. The average Bonchev–Trinajstić information content (AvgIpc) is 3.29. The van der Waals surface area contributed by atoms with Crippen LogP contribution in [0.5, 0.6) is 0 Å². The molecule has 1 amide bonds. The van der Waals surface area contributed by atoms with Crippen molar-refractivity contribution < 1.29 is 26.8 Å². The number of ketones is 1. The predicted molar refractivity (Wildman–Crippen MR) is 141 cm³/mol. The topological polar surface area (TPSA) is 145 Å². The molecule has 0 saturated heterocycles. The van der Waals surface area contributed by atoms with Gasteiger partial charge in [-0.3, -0.25) is 14.3 Å². The number of amides is 1. The Balaban J connectivity index is 1.76. The van der Waals surface area contributed by atoms with Crippen molar-refractivity contribution in [2.24, 2.45) is 0 Å². The van der Waals surface area contributed by atoms with Crippen molar-refractivity contribution in [1.82, 2.24) is 9.97 Å². The standard InChI is InChI=1S/C26H23F2N5O4S/c1-3-8-38(36,37)33-22-7-5-20(27)23(24(22)28)25(35)19-13-31-26-18(19)10-17(12-30-26)15-4-6-21(32-14(2)34)16(9-15)11-29/h4-7,9-13,29,33H,3,8H2,1-2H3,(H,30,31)(H,32,34). The van der Waals surface area contributed by atoms with Crippen molar-refractivity contribution in [1.29, 1.82) is 5.41 Å². The third-order valence-corrected chi connectivity index (χ3v) is 7.16. The molecule has 2 heterocycles. The summed E-state index contributed by atoms with van der Waals surface area (Å²) in [5.41, 5.74) is 0.849. The van der Waals surface area contributed by atoms with Gasteiger partial charge in [-0.15, -0.1) is 0 Å². The summed E-state index contributed by atoms with van der Waals surface area (Å²) in [5, 5.41) is 10.6.